The second kappa shape index (κ2) is 6.08. The summed E-state index contributed by atoms with van der Waals surface area (Å²) in [6, 6.07) is 0. The fourth-order valence-corrected chi connectivity index (χ4v) is 3.02. The highest BCUT2D eigenvalue weighted by Gasteiger charge is 2.55. The van der Waals surface area contributed by atoms with E-state index in [1.807, 2.05) is 6.92 Å². The van der Waals surface area contributed by atoms with Gasteiger partial charge in [-0.1, -0.05) is 67.7 Å². The molecule has 108 valence electrons. The second-order valence-electron chi connectivity index (χ2n) is 6.71. The zero-order chi connectivity index (χ0) is 14.6. The summed E-state index contributed by atoms with van der Waals surface area (Å²) in [5, 5.41) is 9.84. The van der Waals surface area contributed by atoms with Gasteiger partial charge in [0.15, 0.2) is 0 Å². The third kappa shape index (κ3) is 2.73. The van der Waals surface area contributed by atoms with Crippen LogP contribution in [-0.4, -0.2) is 11.1 Å². The first-order chi connectivity index (χ1) is 8.13. The molecular weight excluding hydrogens is 224 g/mol. The summed E-state index contributed by atoms with van der Waals surface area (Å²) in [5.41, 5.74) is -0.803. The van der Waals surface area contributed by atoms with Crippen molar-refractivity contribution in [2.45, 2.75) is 80.6 Å². The lowest BCUT2D eigenvalue weighted by Gasteiger charge is -2.53. The number of aliphatic carboxylic acids is 1. The van der Waals surface area contributed by atoms with Gasteiger partial charge in [-0.05, 0) is 23.7 Å². The van der Waals surface area contributed by atoms with Gasteiger partial charge in [0.1, 0.15) is 0 Å². The predicted octanol–water partition coefficient (Wildman–Crippen LogP) is 5.12. The summed E-state index contributed by atoms with van der Waals surface area (Å²) in [4.78, 5) is 12.0. The first-order valence-corrected chi connectivity index (χ1v) is 7.36. The van der Waals surface area contributed by atoms with E-state index in [0.29, 0.717) is 6.42 Å². The number of hydrogen-bond acceptors (Lipinski definition) is 1. The Morgan fingerprint density at radius 2 is 1.50 bits per heavy atom. The van der Waals surface area contributed by atoms with Crippen LogP contribution in [0, 0.1) is 16.2 Å². The van der Waals surface area contributed by atoms with Crippen LogP contribution in [0.2, 0.25) is 0 Å². The number of hydrogen-bond donors (Lipinski definition) is 1. The van der Waals surface area contributed by atoms with Gasteiger partial charge in [0.2, 0.25) is 0 Å². The van der Waals surface area contributed by atoms with Crippen LogP contribution in [0.25, 0.3) is 0 Å². The number of carboxylic acid groups (broad SMARTS) is 1. The highest BCUT2D eigenvalue weighted by Crippen LogP contribution is 2.57. The van der Waals surface area contributed by atoms with Crippen molar-refractivity contribution in [1.82, 2.24) is 0 Å². The van der Waals surface area contributed by atoms with E-state index in [4.69, 9.17) is 0 Å². The zero-order valence-electron chi connectivity index (χ0n) is 13.4. The van der Waals surface area contributed by atoms with Gasteiger partial charge in [0.05, 0.1) is 5.41 Å². The molecule has 0 aromatic heterocycles. The van der Waals surface area contributed by atoms with Crippen LogP contribution >= 0.6 is 0 Å². The lowest BCUT2D eigenvalue weighted by atomic mass is 9.50. The molecule has 0 radical (unpaired) electrons. The minimum Gasteiger partial charge on any atom is -0.481 e. The highest BCUT2D eigenvalue weighted by atomic mass is 16.4. The van der Waals surface area contributed by atoms with Gasteiger partial charge in [-0.2, -0.15) is 0 Å². The molecule has 2 heteroatoms. The molecule has 0 aliphatic heterocycles. The standard InChI is InChI=1S/C16H32O2/c1-8-11-12-16(10-3,13(17)18)15(6,7)14(4,5)9-2/h8-12H2,1-7H3,(H,17,18). The minimum absolute atomic E-state index is 0.0230. The van der Waals surface area contributed by atoms with E-state index in [0.717, 1.165) is 25.7 Å². The van der Waals surface area contributed by atoms with E-state index in [1.165, 1.54) is 0 Å². The van der Waals surface area contributed by atoms with Crippen LogP contribution in [-0.2, 0) is 4.79 Å². The first-order valence-electron chi connectivity index (χ1n) is 7.36. The third-order valence-corrected chi connectivity index (χ3v) is 5.74. The molecule has 0 bridgehead atoms. The van der Waals surface area contributed by atoms with Gasteiger partial charge >= 0.3 is 5.97 Å². The molecule has 0 aromatic rings. The van der Waals surface area contributed by atoms with Crippen molar-refractivity contribution >= 4 is 5.97 Å². The average molecular weight is 256 g/mol. The monoisotopic (exact) mass is 256 g/mol. The van der Waals surface area contributed by atoms with Crippen molar-refractivity contribution in [3.8, 4) is 0 Å². The van der Waals surface area contributed by atoms with Crippen LogP contribution in [0.3, 0.4) is 0 Å². The average Bonchev–Trinajstić information content (AvgIpc) is 2.29. The summed E-state index contributed by atoms with van der Waals surface area (Å²) in [6.07, 6.45) is 4.53. The lowest BCUT2D eigenvalue weighted by molar-refractivity contribution is -0.167. The molecule has 1 N–H and O–H groups in total. The molecule has 0 aliphatic rings. The van der Waals surface area contributed by atoms with Crippen molar-refractivity contribution < 1.29 is 9.90 Å². The van der Waals surface area contributed by atoms with Gasteiger partial charge < -0.3 is 5.11 Å². The molecule has 2 nitrogen and oxygen atoms in total. The van der Waals surface area contributed by atoms with E-state index >= 15 is 0 Å². The minimum atomic E-state index is -0.620. The molecule has 0 saturated carbocycles. The summed E-state index contributed by atoms with van der Waals surface area (Å²) in [7, 11) is 0. The maximum Gasteiger partial charge on any atom is 0.310 e. The van der Waals surface area contributed by atoms with Crippen molar-refractivity contribution in [3.63, 3.8) is 0 Å². The first kappa shape index (κ1) is 17.5. The SMILES string of the molecule is CCCCC(CC)(C(=O)O)C(C)(C)C(C)(C)CC. The van der Waals surface area contributed by atoms with Gasteiger partial charge in [0, 0.05) is 0 Å². The summed E-state index contributed by atoms with van der Waals surface area (Å²) in [5.74, 6) is -0.620. The van der Waals surface area contributed by atoms with Gasteiger partial charge in [-0.3, -0.25) is 4.79 Å². The Hall–Kier alpha value is -0.530. The zero-order valence-corrected chi connectivity index (χ0v) is 13.4. The number of unbranched alkanes of at least 4 members (excludes halogenated alkanes) is 1. The summed E-state index contributed by atoms with van der Waals surface area (Å²) in [6.45, 7) is 15.0. The Bertz CT molecular complexity index is 279. The van der Waals surface area contributed by atoms with E-state index < -0.39 is 11.4 Å². The lowest BCUT2D eigenvalue weighted by Crippen LogP contribution is -2.51. The number of carboxylic acids is 1. The van der Waals surface area contributed by atoms with Crippen LogP contribution in [0.4, 0.5) is 0 Å². The van der Waals surface area contributed by atoms with Crippen molar-refractivity contribution in [2.24, 2.45) is 16.2 Å². The largest absolute Gasteiger partial charge is 0.481 e. The maximum absolute atomic E-state index is 12.0. The van der Waals surface area contributed by atoms with Crippen LogP contribution in [0.1, 0.15) is 80.6 Å². The van der Waals surface area contributed by atoms with Gasteiger partial charge in [0.25, 0.3) is 0 Å². The predicted molar refractivity (Wildman–Crippen MR) is 77.7 cm³/mol. The van der Waals surface area contributed by atoms with Crippen molar-refractivity contribution in [3.05, 3.63) is 0 Å². The molecule has 1 atom stereocenters. The van der Waals surface area contributed by atoms with Crippen LogP contribution < -0.4 is 0 Å². The molecule has 0 heterocycles. The normalized spacial score (nSPS) is 16.4. The van der Waals surface area contributed by atoms with E-state index in [-0.39, 0.29) is 10.8 Å². The fraction of sp³-hybridized carbons (Fsp3) is 0.938. The smallest absolute Gasteiger partial charge is 0.310 e. The Morgan fingerprint density at radius 3 is 1.78 bits per heavy atom. The highest BCUT2D eigenvalue weighted by molar-refractivity contribution is 5.75. The van der Waals surface area contributed by atoms with E-state index in [9.17, 15) is 9.90 Å². The van der Waals surface area contributed by atoms with Crippen LogP contribution in [0.15, 0.2) is 0 Å². The Kier molecular flexibility index (Phi) is 5.90. The number of carbonyl (C=O) groups is 1. The molecule has 0 amide bonds. The van der Waals surface area contributed by atoms with E-state index in [2.05, 4.69) is 41.5 Å². The molecule has 0 aliphatic carbocycles. The topological polar surface area (TPSA) is 37.3 Å². The third-order valence-electron chi connectivity index (χ3n) is 5.74. The molecule has 18 heavy (non-hydrogen) atoms. The Labute approximate surface area is 113 Å². The van der Waals surface area contributed by atoms with Crippen molar-refractivity contribution in [2.75, 3.05) is 0 Å². The van der Waals surface area contributed by atoms with E-state index in [1.54, 1.807) is 0 Å². The molecular formula is C16H32O2. The van der Waals surface area contributed by atoms with Crippen molar-refractivity contribution in [1.29, 1.82) is 0 Å². The molecule has 0 rings (SSSR count). The summed E-state index contributed by atoms with van der Waals surface area (Å²) >= 11 is 0. The van der Waals surface area contributed by atoms with Gasteiger partial charge in [-0.25, -0.2) is 0 Å². The quantitative estimate of drug-likeness (QED) is 0.654. The summed E-state index contributed by atoms with van der Waals surface area (Å²) < 4.78 is 0. The number of rotatable bonds is 8. The Balaban J connectivity index is 5.62. The maximum atomic E-state index is 12.0. The van der Waals surface area contributed by atoms with Gasteiger partial charge in [-0.15, -0.1) is 0 Å². The molecule has 0 spiro atoms. The fourth-order valence-electron chi connectivity index (χ4n) is 3.02. The Morgan fingerprint density at radius 1 is 1.00 bits per heavy atom. The second-order valence-corrected chi connectivity index (χ2v) is 6.71. The molecule has 0 fully saturated rings. The molecule has 0 aromatic carbocycles. The van der Waals surface area contributed by atoms with Crippen LogP contribution in [0.5, 0.6) is 0 Å². The molecule has 0 saturated heterocycles. The molecule has 1 unspecified atom stereocenters.